The largest absolute Gasteiger partial charge is 0.437 e. The average Bonchev–Trinajstić information content (AvgIpc) is 3.07. The lowest BCUT2D eigenvalue weighted by molar-refractivity contribution is -0.119. The molecule has 0 aliphatic rings. The van der Waals surface area contributed by atoms with Gasteiger partial charge in [-0.3, -0.25) is 4.79 Å². The minimum Gasteiger partial charge on any atom is -0.437 e. The van der Waals surface area contributed by atoms with Gasteiger partial charge < -0.3 is 9.73 Å². The van der Waals surface area contributed by atoms with Crippen LogP contribution in [0.4, 0.5) is 0 Å². The summed E-state index contributed by atoms with van der Waals surface area (Å²) in [7, 11) is 0. The fourth-order valence-corrected chi connectivity index (χ4v) is 4.09. The number of carbonyl (C=O) groups excluding carboxylic acids is 1. The third-order valence-corrected chi connectivity index (χ3v) is 5.45. The summed E-state index contributed by atoms with van der Waals surface area (Å²) in [6.07, 6.45) is 0.729. The molecular formula is C17H19N3O2S2. The van der Waals surface area contributed by atoms with Crippen molar-refractivity contribution >= 4 is 39.2 Å². The van der Waals surface area contributed by atoms with Crippen LogP contribution in [0.5, 0.6) is 0 Å². The maximum Gasteiger partial charge on any atom is 0.256 e. The highest BCUT2D eigenvalue weighted by atomic mass is 32.2. The first-order valence-corrected chi connectivity index (χ1v) is 9.52. The molecule has 24 heavy (non-hydrogen) atoms. The van der Waals surface area contributed by atoms with Crippen molar-refractivity contribution in [3.63, 3.8) is 0 Å². The van der Waals surface area contributed by atoms with Crippen LogP contribution >= 0.6 is 23.1 Å². The van der Waals surface area contributed by atoms with Crippen molar-refractivity contribution in [3.05, 3.63) is 40.7 Å². The van der Waals surface area contributed by atoms with E-state index in [4.69, 9.17) is 4.42 Å². The molecule has 5 nitrogen and oxygen atoms in total. The second-order valence-corrected chi connectivity index (χ2v) is 7.70. The van der Waals surface area contributed by atoms with Gasteiger partial charge in [-0.1, -0.05) is 23.9 Å². The molecule has 2 heterocycles. The summed E-state index contributed by atoms with van der Waals surface area (Å²) in [5.74, 6) is 1.06. The van der Waals surface area contributed by atoms with E-state index in [1.165, 1.54) is 16.5 Å². The minimum atomic E-state index is -0.0258. The van der Waals surface area contributed by atoms with Crippen LogP contribution in [0.2, 0.25) is 0 Å². The lowest BCUT2D eigenvalue weighted by Gasteiger charge is -2.11. The third-order valence-electron chi connectivity index (χ3n) is 3.56. The summed E-state index contributed by atoms with van der Waals surface area (Å²) >= 11 is 2.99. The SMILES string of the molecule is Cc1nc(SCC(=O)NC(C)Cc2nc3ccccc3s2)oc1C. The predicted molar refractivity (Wildman–Crippen MR) is 97.6 cm³/mol. The molecule has 1 N–H and O–H groups in total. The van der Waals surface area contributed by atoms with Crippen LogP contribution in [0.1, 0.15) is 23.4 Å². The normalized spacial score (nSPS) is 12.5. The van der Waals surface area contributed by atoms with E-state index in [9.17, 15) is 4.79 Å². The zero-order valence-electron chi connectivity index (χ0n) is 13.8. The Morgan fingerprint density at radius 2 is 2.12 bits per heavy atom. The number of amides is 1. The number of hydrogen-bond donors (Lipinski definition) is 1. The molecule has 0 bridgehead atoms. The summed E-state index contributed by atoms with van der Waals surface area (Å²) < 4.78 is 6.64. The van der Waals surface area contributed by atoms with E-state index in [-0.39, 0.29) is 11.9 Å². The molecule has 1 aromatic carbocycles. The van der Waals surface area contributed by atoms with Crippen molar-refractivity contribution in [1.82, 2.24) is 15.3 Å². The molecule has 2 aromatic heterocycles. The van der Waals surface area contributed by atoms with Gasteiger partial charge in [-0.2, -0.15) is 0 Å². The number of para-hydroxylation sites is 1. The first kappa shape index (κ1) is 17.0. The van der Waals surface area contributed by atoms with E-state index in [0.29, 0.717) is 11.0 Å². The Morgan fingerprint density at radius 1 is 1.33 bits per heavy atom. The average molecular weight is 361 g/mol. The molecule has 1 unspecified atom stereocenters. The second-order valence-electron chi connectivity index (χ2n) is 5.66. The van der Waals surface area contributed by atoms with Gasteiger partial charge in [0.1, 0.15) is 5.76 Å². The van der Waals surface area contributed by atoms with Crippen LogP contribution in [0, 0.1) is 13.8 Å². The quantitative estimate of drug-likeness (QED) is 0.678. The Bertz CT molecular complexity index is 804. The van der Waals surface area contributed by atoms with Crippen molar-refractivity contribution in [1.29, 1.82) is 0 Å². The van der Waals surface area contributed by atoms with Crippen LogP contribution in [-0.4, -0.2) is 27.7 Å². The first-order chi connectivity index (χ1) is 11.5. The molecule has 1 amide bonds. The van der Waals surface area contributed by atoms with Crippen LogP contribution in [0.25, 0.3) is 10.2 Å². The van der Waals surface area contributed by atoms with Crippen LogP contribution in [0.3, 0.4) is 0 Å². The minimum absolute atomic E-state index is 0.0258. The zero-order valence-corrected chi connectivity index (χ0v) is 15.5. The van der Waals surface area contributed by atoms with Crippen LogP contribution < -0.4 is 5.32 Å². The smallest absolute Gasteiger partial charge is 0.256 e. The number of aromatic nitrogens is 2. The van der Waals surface area contributed by atoms with Gasteiger partial charge in [0, 0.05) is 12.5 Å². The lowest BCUT2D eigenvalue weighted by Crippen LogP contribution is -2.35. The number of fused-ring (bicyclic) bond motifs is 1. The van der Waals surface area contributed by atoms with Crippen molar-refractivity contribution < 1.29 is 9.21 Å². The Labute approximate surface area is 148 Å². The Hall–Kier alpha value is -1.86. The standard InChI is InChI=1S/C17H19N3O2S2/c1-10(8-16-20-13-6-4-5-7-14(13)24-16)18-15(21)9-23-17-19-11(2)12(3)22-17/h4-7,10H,8-9H2,1-3H3,(H,18,21). The molecule has 3 aromatic rings. The number of hydrogen-bond acceptors (Lipinski definition) is 6. The zero-order chi connectivity index (χ0) is 17.1. The van der Waals surface area contributed by atoms with Crippen molar-refractivity contribution in [3.8, 4) is 0 Å². The maximum absolute atomic E-state index is 12.1. The molecule has 0 aliphatic heterocycles. The number of oxazole rings is 1. The van der Waals surface area contributed by atoms with Gasteiger partial charge in [0.15, 0.2) is 0 Å². The third kappa shape index (κ3) is 4.15. The number of aryl methyl sites for hydroxylation is 2. The van der Waals surface area contributed by atoms with Gasteiger partial charge in [0.25, 0.3) is 5.22 Å². The van der Waals surface area contributed by atoms with Gasteiger partial charge >= 0.3 is 0 Å². The number of carbonyl (C=O) groups is 1. The summed E-state index contributed by atoms with van der Waals surface area (Å²) in [4.78, 5) is 20.9. The Balaban J connectivity index is 1.50. The fraction of sp³-hybridized carbons (Fsp3) is 0.353. The van der Waals surface area contributed by atoms with Gasteiger partial charge in [-0.15, -0.1) is 11.3 Å². The number of rotatable bonds is 6. The van der Waals surface area contributed by atoms with E-state index < -0.39 is 0 Å². The van der Waals surface area contributed by atoms with Crippen LogP contribution in [0.15, 0.2) is 33.9 Å². The number of nitrogens with zero attached hydrogens (tertiary/aromatic N) is 2. The highest BCUT2D eigenvalue weighted by molar-refractivity contribution is 7.99. The molecule has 126 valence electrons. The Morgan fingerprint density at radius 3 is 2.83 bits per heavy atom. The number of thiazole rings is 1. The highest BCUT2D eigenvalue weighted by Crippen LogP contribution is 2.23. The number of nitrogens with one attached hydrogen (secondary N) is 1. The molecular weight excluding hydrogens is 342 g/mol. The van der Waals surface area contributed by atoms with Crippen molar-refractivity contribution in [2.45, 2.75) is 38.5 Å². The first-order valence-electron chi connectivity index (χ1n) is 7.72. The second kappa shape index (κ2) is 7.36. The predicted octanol–water partition coefficient (Wildman–Crippen LogP) is 3.74. The van der Waals surface area contributed by atoms with Gasteiger partial charge in [-0.25, -0.2) is 9.97 Å². The Kier molecular flexibility index (Phi) is 5.20. The van der Waals surface area contributed by atoms with E-state index >= 15 is 0 Å². The van der Waals surface area contributed by atoms with Crippen molar-refractivity contribution in [2.24, 2.45) is 0 Å². The van der Waals surface area contributed by atoms with E-state index in [2.05, 4.69) is 21.4 Å². The van der Waals surface area contributed by atoms with Gasteiger partial charge in [-0.05, 0) is 32.9 Å². The molecule has 0 saturated carbocycles. The summed E-state index contributed by atoms with van der Waals surface area (Å²) in [6.45, 7) is 5.75. The van der Waals surface area contributed by atoms with Crippen LogP contribution in [-0.2, 0) is 11.2 Å². The number of benzene rings is 1. The summed E-state index contributed by atoms with van der Waals surface area (Å²) in [6, 6.07) is 8.11. The monoisotopic (exact) mass is 361 g/mol. The topological polar surface area (TPSA) is 68.0 Å². The van der Waals surface area contributed by atoms with Gasteiger partial charge in [0.05, 0.1) is 26.7 Å². The van der Waals surface area contributed by atoms with E-state index in [0.717, 1.165) is 28.4 Å². The van der Waals surface area contributed by atoms with E-state index in [1.807, 2.05) is 39.0 Å². The molecule has 3 rings (SSSR count). The van der Waals surface area contributed by atoms with Gasteiger partial charge in [0.2, 0.25) is 5.91 Å². The lowest BCUT2D eigenvalue weighted by atomic mass is 10.2. The van der Waals surface area contributed by atoms with E-state index in [1.54, 1.807) is 11.3 Å². The molecule has 1 atom stereocenters. The molecule has 0 saturated heterocycles. The highest BCUT2D eigenvalue weighted by Gasteiger charge is 2.13. The maximum atomic E-state index is 12.1. The molecule has 0 spiro atoms. The summed E-state index contributed by atoms with van der Waals surface area (Å²) in [5, 5.41) is 4.58. The van der Waals surface area contributed by atoms with Crippen molar-refractivity contribution in [2.75, 3.05) is 5.75 Å². The summed E-state index contributed by atoms with van der Waals surface area (Å²) in [5.41, 5.74) is 1.88. The molecule has 0 aliphatic carbocycles. The number of thioether (sulfide) groups is 1. The fourth-order valence-electron chi connectivity index (χ4n) is 2.27. The molecule has 0 radical (unpaired) electrons. The molecule has 7 heteroatoms. The molecule has 0 fully saturated rings.